The van der Waals surface area contributed by atoms with Crippen LogP contribution >= 0.6 is 11.8 Å². The van der Waals surface area contributed by atoms with Gasteiger partial charge in [-0.3, -0.25) is 4.98 Å². The summed E-state index contributed by atoms with van der Waals surface area (Å²) < 4.78 is 7.43. The first kappa shape index (κ1) is 18.9. The van der Waals surface area contributed by atoms with Crippen LogP contribution < -0.4 is 16.2 Å². The third kappa shape index (κ3) is 3.29. The summed E-state index contributed by atoms with van der Waals surface area (Å²) in [4.78, 5) is 13.6. The van der Waals surface area contributed by atoms with Crippen molar-refractivity contribution in [3.8, 4) is 5.75 Å². The van der Waals surface area contributed by atoms with E-state index >= 15 is 0 Å². The highest BCUT2D eigenvalue weighted by molar-refractivity contribution is 7.99. The third-order valence-electron chi connectivity index (χ3n) is 5.21. The number of nitrogen functional groups attached to an aromatic ring is 1. The van der Waals surface area contributed by atoms with E-state index in [-0.39, 0.29) is 5.95 Å². The molecule has 0 aliphatic carbocycles. The van der Waals surface area contributed by atoms with E-state index in [0.717, 1.165) is 62.9 Å². The summed E-state index contributed by atoms with van der Waals surface area (Å²) >= 11 is 1.72. The van der Waals surface area contributed by atoms with E-state index in [4.69, 9.17) is 21.3 Å². The molecule has 1 unspecified atom stereocenters. The largest absolute Gasteiger partial charge is 0.496 e. The Hall–Kier alpha value is -2.39. The molecule has 0 saturated carbocycles. The number of aryl methyl sites for hydroxylation is 1. The number of nitrogens with zero attached hydrogens (tertiary/aromatic N) is 5. The molecule has 9 heteroatoms. The zero-order valence-corrected chi connectivity index (χ0v) is 17.2. The summed E-state index contributed by atoms with van der Waals surface area (Å²) in [6.45, 7) is 5.18. The molecule has 4 rings (SSSR count). The van der Waals surface area contributed by atoms with Crippen LogP contribution in [0.15, 0.2) is 11.2 Å². The monoisotopic (exact) mass is 399 g/mol. The van der Waals surface area contributed by atoms with Gasteiger partial charge in [-0.2, -0.15) is 10.1 Å². The lowest BCUT2D eigenvalue weighted by Crippen LogP contribution is -2.14. The van der Waals surface area contributed by atoms with Crippen molar-refractivity contribution in [1.29, 1.82) is 0 Å². The predicted molar refractivity (Wildman–Crippen MR) is 111 cm³/mol. The molecule has 28 heavy (non-hydrogen) atoms. The number of anilines is 1. The van der Waals surface area contributed by atoms with Gasteiger partial charge in [-0.05, 0) is 39.2 Å². The SMILES string of the molecule is COc1c(C)cnc(Cn2nc3c4c(nc(N)nc42)SCC(CCN)C3)c1C. The Labute approximate surface area is 168 Å². The van der Waals surface area contributed by atoms with Crippen molar-refractivity contribution in [2.75, 3.05) is 25.1 Å². The molecule has 0 amide bonds. The van der Waals surface area contributed by atoms with Gasteiger partial charge in [-0.25, -0.2) is 9.67 Å². The lowest BCUT2D eigenvalue weighted by atomic mass is 10.0. The average molecular weight is 400 g/mol. The molecular weight excluding hydrogens is 374 g/mol. The summed E-state index contributed by atoms with van der Waals surface area (Å²) in [6, 6.07) is 0. The number of nitrogens with two attached hydrogens (primary N) is 2. The number of ether oxygens (including phenoxy) is 1. The number of pyridine rings is 1. The average Bonchev–Trinajstić information content (AvgIpc) is 2.89. The van der Waals surface area contributed by atoms with Crippen LogP contribution in [0.1, 0.15) is 28.9 Å². The van der Waals surface area contributed by atoms with Crippen molar-refractivity contribution in [2.24, 2.45) is 11.7 Å². The number of rotatable bonds is 5. The van der Waals surface area contributed by atoms with Crippen LogP contribution in [0.5, 0.6) is 5.75 Å². The van der Waals surface area contributed by atoms with Gasteiger partial charge >= 0.3 is 0 Å². The molecule has 4 N–H and O–H groups in total. The number of aromatic nitrogens is 5. The number of hydrogen-bond donors (Lipinski definition) is 2. The van der Waals surface area contributed by atoms with Crippen LogP contribution in [0.4, 0.5) is 5.95 Å². The second kappa shape index (κ2) is 7.56. The summed E-state index contributed by atoms with van der Waals surface area (Å²) in [6.07, 6.45) is 3.67. The fraction of sp³-hybridized carbons (Fsp3) is 0.474. The summed E-state index contributed by atoms with van der Waals surface area (Å²) in [5.74, 6) is 2.56. The highest BCUT2D eigenvalue weighted by Gasteiger charge is 2.25. The van der Waals surface area contributed by atoms with Crippen LogP contribution in [-0.4, -0.2) is 44.1 Å². The number of methoxy groups -OCH3 is 1. The van der Waals surface area contributed by atoms with Gasteiger partial charge in [0.15, 0.2) is 5.65 Å². The maximum atomic E-state index is 6.00. The van der Waals surface area contributed by atoms with Crippen molar-refractivity contribution < 1.29 is 4.74 Å². The van der Waals surface area contributed by atoms with E-state index in [0.29, 0.717) is 19.0 Å². The predicted octanol–water partition coefficient (Wildman–Crippen LogP) is 2.09. The van der Waals surface area contributed by atoms with Crippen molar-refractivity contribution in [2.45, 2.75) is 38.3 Å². The molecule has 0 fully saturated rings. The minimum atomic E-state index is 0.270. The molecule has 0 spiro atoms. The third-order valence-corrected chi connectivity index (χ3v) is 6.42. The molecule has 8 nitrogen and oxygen atoms in total. The molecular formula is C19H25N7OS. The van der Waals surface area contributed by atoms with E-state index < -0.39 is 0 Å². The lowest BCUT2D eigenvalue weighted by Gasteiger charge is -2.13. The molecule has 1 aliphatic rings. The first-order chi connectivity index (χ1) is 13.5. The Morgan fingerprint density at radius 1 is 1.32 bits per heavy atom. The molecule has 0 radical (unpaired) electrons. The van der Waals surface area contributed by atoms with Crippen LogP contribution in [0.3, 0.4) is 0 Å². The summed E-state index contributed by atoms with van der Waals surface area (Å²) in [5, 5.41) is 6.81. The van der Waals surface area contributed by atoms with Crippen LogP contribution in [0.2, 0.25) is 0 Å². The fourth-order valence-corrected chi connectivity index (χ4v) is 5.00. The van der Waals surface area contributed by atoms with Crippen LogP contribution in [0, 0.1) is 19.8 Å². The molecule has 0 saturated heterocycles. The van der Waals surface area contributed by atoms with E-state index in [9.17, 15) is 0 Å². The van der Waals surface area contributed by atoms with Gasteiger partial charge in [-0.1, -0.05) is 0 Å². The standard InChI is InChI=1S/C19H25N7OS/c1-10-7-22-14(11(2)16(10)27-3)8-26-17-15-13(25-26)6-12(4-5-20)9-28-18(15)24-19(21)23-17/h7,12H,4-6,8-9,20H2,1-3H3,(H2,21,23,24). The Kier molecular flexibility index (Phi) is 5.11. The van der Waals surface area contributed by atoms with Crippen molar-refractivity contribution in [3.05, 3.63) is 28.7 Å². The zero-order chi connectivity index (χ0) is 19.8. The molecule has 1 atom stereocenters. The van der Waals surface area contributed by atoms with Crippen molar-refractivity contribution in [1.82, 2.24) is 24.7 Å². The Bertz CT molecular complexity index is 1030. The summed E-state index contributed by atoms with van der Waals surface area (Å²) in [7, 11) is 1.68. The molecule has 148 valence electrons. The molecule has 4 heterocycles. The van der Waals surface area contributed by atoms with Gasteiger partial charge in [0.25, 0.3) is 0 Å². The van der Waals surface area contributed by atoms with Gasteiger partial charge in [0.05, 0.1) is 30.4 Å². The Morgan fingerprint density at radius 2 is 2.14 bits per heavy atom. The topological polar surface area (TPSA) is 118 Å². The fourth-order valence-electron chi connectivity index (χ4n) is 3.81. The van der Waals surface area contributed by atoms with Gasteiger partial charge in [-0.15, -0.1) is 11.8 Å². The second-order valence-electron chi connectivity index (χ2n) is 7.19. The minimum Gasteiger partial charge on any atom is -0.496 e. The Morgan fingerprint density at radius 3 is 2.89 bits per heavy atom. The number of thioether (sulfide) groups is 1. The molecule has 0 aromatic carbocycles. The van der Waals surface area contributed by atoms with Crippen molar-refractivity contribution >= 4 is 28.7 Å². The Balaban J connectivity index is 1.80. The van der Waals surface area contributed by atoms with Gasteiger partial charge in [0.2, 0.25) is 5.95 Å². The van der Waals surface area contributed by atoms with E-state index in [1.165, 1.54) is 0 Å². The normalized spacial score (nSPS) is 16.4. The highest BCUT2D eigenvalue weighted by Crippen LogP contribution is 2.36. The van der Waals surface area contributed by atoms with E-state index in [1.54, 1.807) is 18.9 Å². The highest BCUT2D eigenvalue weighted by atomic mass is 32.2. The lowest BCUT2D eigenvalue weighted by molar-refractivity contribution is 0.406. The summed E-state index contributed by atoms with van der Waals surface area (Å²) in [5.41, 5.74) is 16.5. The van der Waals surface area contributed by atoms with Crippen molar-refractivity contribution in [3.63, 3.8) is 0 Å². The molecule has 3 aromatic heterocycles. The molecule has 3 aromatic rings. The number of hydrogen-bond acceptors (Lipinski definition) is 8. The van der Waals surface area contributed by atoms with Gasteiger partial charge in [0.1, 0.15) is 10.8 Å². The first-order valence-corrected chi connectivity index (χ1v) is 10.3. The van der Waals surface area contributed by atoms with Gasteiger partial charge < -0.3 is 16.2 Å². The van der Waals surface area contributed by atoms with E-state index in [1.807, 2.05) is 24.7 Å². The zero-order valence-electron chi connectivity index (χ0n) is 16.4. The van der Waals surface area contributed by atoms with Crippen LogP contribution in [-0.2, 0) is 13.0 Å². The van der Waals surface area contributed by atoms with Crippen LogP contribution in [0.25, 0.3) is 11.0 Å². The quantitative estimate of drug-likeness (QED) is 0.626. The smallest absolute Gasteiger partial charge is 0.223 e. The second-order valence-corrected chi connectivity index (χ2v) is 8.20. The molecule has 1 aliphatic heterocycles. The van der Waals surface area contributed by atoms with E-state index in [2.05, 4.69) is 15.0 Å². The first-order valence-electron chi connectivity index (χ1n) is 9.36. The van der Waals surface area contributed by atoms with Gasteiger partial charge in [0, 0.05) is 23.1 Å². The maximum absolute atomic E-state index is 6.00. The molecule has 0 bridgehead atoms. The maximum Gasteiger partial charge on any atom is 0.223 e. The minimum absolute atomic E-state index is 0.270.